The number of hydrogen-bond donors (Lipinski definition) is 2. The second-order valence-corrected chi connectivity index (χ2v) is 10.9. The summed E-state index contributed by atoms with van der Waals surface area (Å²) in [4.78, 5) is 42.9. The van der Waals surface area contributed by atoms with Gasteiger partial charge in [0.1, 0.15) is 24.9 Å². The van der Waals surface area contributed by atoms with E-state index in [1.807, 2.05) is 0 Å². The molecule has 0 aliphatic carbocycles. The number of primary sulfonamides is 1. The average molecular weight is 607 g/mol. The van der Waals surface area contributed by atoms with Gasteiger partial charge in [0.05, 0.1) is 16.7 Å². The fourth-order valence-corrected chi connectivity index (χ4v) is 5.05. The molecule has 2 heterocycles. The van der Waals surface area contributed by atoms with Gasteiger partial charge in [0.15, 0.2) is 18.4 Å². The fourth-order valence-electron chi connectivity index (χ4n) is 4.46. The molecule has 1 aliphatic rings. The van der Waals surface area contributed by atoms with Crippen molar-refractivity contribution < 1.29 is 41.7 Å². The van der Waals surface area contributed by atoms with Gasteiger partial charge in [-0.1, -0.05) is 54.6 Å². The molecule has 0 spiro atoms. The topological polar surface area (TPSA) is 192 Å². The number of carbonyl (C=O) groups excluding carboxylic acids is 3. The Labute approximate surface area is 246 Å². The lowest BCUT2D eigenvalue weighted by Gasteiger charge is -2.25. The number of nitrogens with zero attached hydrogens (tertiary/aromatic N) is 2. The number of esters is 3. The van der Waals surface area contributed by atoms with Crippen LogP contribution >= 0.6 is 0 Å². The summed E-state index contributed by atoms with van der Waals surface area (Å²) in [5, 5.41) is 4.61. The predicted octanol–water partition coefficient (Wildman–Crippen LogP) is 2.32. The molecule has 3 aromatic carbocycles. The van der Waals surface area contributed by atoms with Crippen molar-refractivity contribution >= 4 is 33.7 Å². The van der Waals surface area contributed by atoms with E-state index < -0.39 is 69.9 Å². The Kier molecular flexibility index (Phi) is 8.52. The first kappa shape index (κ1) is 29.4. The molecule has 14 heteroatoms. The number of nitrogen functional groups attached to an aromatic ring is 1. The number of rotatable bonds is 9. The molecular formula is C29H26N4O9S. The molecule has 4 aromatic rings. The lowest BCUT2D eigenvalue weighted by molar-refractivity contribution is -0.0612. The molecule has 4 atom stereocenters. The van der Waals surface area contributed by atoms with Crippen LogP contribution in [0.15, 0.2) is 102 Å². The number of imidazole rings is 1. The minimum Gasteiger partial charge on any atom is -0.459 e. The van der Waals surface area contributed by atoms with Gasteiger partial charge in [-0.3, -0.25) is 4.57 Å². The number of anilines is 1. The molecular weight excluding hydrogens is 580 g/mol. The van der Waals surface area contributed by atoms with Crippen molar-refractivity contribution in [2.75, 3.05) is 12.3 Å². The van der Waals surface area contributed by atoms with Crippen LogP contribution in [0, 0.1) is 0 Å². The van der Waals surface area contributed by atoms with Crippen LogP contribution in [0.2, 0.25) is 0 Å². The highest BCUT2D eigenvalue weighted by Crippen LogP contribution is 2.37. The lowest BCUT2D eigenvalue weighted by atomic mass is 10.1. The van der Waals surface area contributed by atoms with E-state index in [-0.39, 0.29) is 16.7 Å². The van der Waals surface area contributed by atoms with Gasteiger partial charge in [-0.25, -0.2) is 32.9 Å². The summed E-state index contributed by atoms with van der Waals surface area (Å²) < 4.78 is 48.4. The third-order valence-electron chi connectivity index (χ3n) is 6.52. The third-order valence-corrected chi connectivity index (χ3v) is 7.37. The Morgan fingerprint density at radius 2 is 1.23 bits per heavy atom. The van der Waals surface area contributed by atoms with Crippen molar-refractivity contribution in [1.82, 2.24) is 9.55 Å². The summed E-state index contributed by atoms with van der Waals surface area (Å²) in [7, 11) is -4.33. The number of hydrogen-bond acceptors (Lipinski definition) is 11. The predicted molar refractivity (Wildman–Crippen MR) is 150 cm³/mol. The molecule has 4 N–H and O–H groups in total. The van der Waals surface area contributed by atoms with E-state index >= 15 is 0 Å². The zero-order valence-corrected chi connectivity index (χ0v) is 23.2. The largest absolute Gasteiger partial charge is 0.459 e. The van der Waals surface area contributed by atoms with Crippen molar-refractivity contribution in [2.24, 2.45) is 5.14 Å². The summed E-state index contributed by atoms with van der Waals surface area (Å²) >= 11 is 0. The fraction of sp³-hybridized carbons (Fsp3) is 0.172. The summed E-state index contributed by atoms with van der Waals surface area (Å²) in [6.45, 7) is -0.438. The number of carbonyl (C=O) groups is 3. The molecule has 1 saturated heterocycles. The van der Waals surface area contributed by atoms with Gasteiger partial charge in [0.2, 0.25) is 5.03 Å². The highest BCUT2D eigenvalue weighted by Gasteiger charge is 2.52. The van der Waals surface area contributed by atoms with Crippen molar-refractivity contribution in [2.45, 2.75) is 29.6 Å². The van der Waals surface area contributed by atoms with Crippen molar-refractivity contribution in [3.05, 3.63) is 114 Å². The van der Waals surface area contributed by atoms with Crippen LogP contribution < -0.4 is 10.9 Å². The smallest absolute Gasteiger partial charge is 0.338 e. The van der Waals surface area contributed by atoms with Crippen LogP contribution in [0.5, 0.6) is 0 Å². The van der Waals surface area contributed by atoms with Gasteiger partial charge in [0, 0.05) is 0 Å². The molecule has 1 fully saturated rings. The summed E-state index contributed by atoms with van der Waals surface area (Å²) in [6.07, 6.45) is -4.29. The van der Waals surface area contributed by atoms with Gasteiger partial charge >= 0.3 is 17.9 Å². The highest BCUT2D eigenvalue weighted by atomic mass is 32.2. The molecule has 0 amide bonds. The zero-order valence-electron chi connectivity index (χ0n) is 22.4. The molecule has 13 nitrogen and oxygen atoms in total. The Hall–Kier alpha value is -5.05. The normalized spacial score (nSPS) is 19.8. The molecule has 1 aromatic heterocycles. The van der Waals surface area contributed by atoms with Crippen molar-refractivity contribution in [3.8, 4) is 0 Å². The number of benzene rings is 3. The Balaban J connectivity index is 1.52. The van der Waals surface area contributed by atoms with Crippen molar-refractivity contribution in [3.63, 3.8) is 0 Å². The number of sulfonamides is 1. The average Bonchev–Trinajstić information content (AvgIpc) is 3.56. The first-order valence-electron chi connectivity index (χ1n) is 12.9. The van der Waals surface area contributed by atoms with E-state index in [0.29, 0.717) is 0 Å². The Morgan fingerprint density at radius 1 is 0.767 bits per heavy atom. The van der Waals surface area contributed by atoms with Gasteiger partial charge in [-0.15, -0.1) is 0 Å². The van der Waals surface area contributed by atoms with E-state index in [4.69, 9.17) is 29.8 Å². The number of ether oxygens (including phenoxy) is 4. The number of nitrogens with two attached hydrogens (primary N) is 2. The van der Waals surface area contributed by atoms with Gasteiger partial charge in [-0.2, -0.15) is 0 Å². The van der Waals surface area contributed by atoms with E-state index in [1.165, 1.54) is 24.3 Å². The molecule has 0 radical (unpaired) electrons. The maximum Gasteiger partial charge on any atom is 0.338 e. The van der Waals surface area contributed by atoms with Gasteiger partial charge in [0.25, 0.3) is 10.0 Å². The van der Waals surface area contributed by atoms with Gasteiger partial charge < -0.3 is 24.7 Å². The summed E-state index contributed by atoms with van der Waals surface area (Å²) in [5.41, 5.74) is 6.72. The number of aromatic nitrogens is 2. The molecule has 0 unspecified atom stereocenters. The van der Waals surface area contributed by atoms with E-state index in [2.05, 4.69) is 4.98 Å². The standard InChI is InChI=1S/C29H26N4O9S/c30-24-25(43(31,37)38)32-17-33(24)26-23(42-29(36)20-14-8-3-9-15-20)22(41-28(35)19-12-6-2-7-13-19)21(40-26)16-39-27(34)18-10-4-1-5-11-18/h1-15,17,21-23,26H,16,30H2,(H2,31,37,38)/t21-,22-,23-,26-/m1/s1. The van der Waals surface area contributed by atoms with Crippen LogP contribution in [0.4, 0.5) is 5.82 Å². The lowest BCUT2D eigenvalue weighted by Crippen LogP contribution is -2.41. The minimum atomic E-state index is -4.33. The molecule has 1 aliphatic heterocycles. The van der Waals surface area contributed by atoms with Crippen LogP contribution in [0.1, 0.15) is 37.3 Å². The summed E-state index contributed by atoms with van der Waals surface area (Å²) in [6, 6.07) is 24.2. The van der Waals surface area contributed by atoms with Gasteiger partial charge in [-0.05, 0) is 36.4 Å². The quantitative estimate of drug-likeness (QED) is 0.210. The van der Waals surface area contributed by atoms with E-state index in [0.717, 1.165) is 10.9 Å². The van der Waals surface area contributed by atoms with Crippen LogP contribution in [0.3, 0.4) is 0 Å². The molecule has 222 valence electrons. The maximum absolute atomic E-state index is 13.2. The SMILES string of the molecule is Nc1c(S(N)(=O)=O)ncn1[C@@H]1O[C@H](COC(=O)c2ccccc2)[C@@H](OC(=O)c2ccccc2)[C@H]1OC(=O)c1ccccc1. The van der Waals surface area contributed by atoms with Crippen LogP contribution in [-0.2, 0) is 29.0 Å². The zero-order chi connectivity index (χ0) is 30.6. The summed E-state index contributed by atoms with van der Waals surface area (Å²) in [5.74, 6) is -2.67. The molecule has 43 heavy (non-hydrogen) atoms. The van der Waals surface area contributed by atoms with E-state index in [1.54, 1.807) is 66.7 Å². The minimum absolute atomic E-state index is 0.178. The highest BCUT2D eigenvalue weighted by molar-refractivity contribution is 7.89. The van der Waals surface area contributed by atoms with Crippen molar-refractivity contribution in [1.29, 1.82) is 0 Å². The van der Waals surface area contributed by atoms with Crippen LogP contribution in [0.25, 0.3) is 0 Å². The monoisotopic (exact) mass is 606 g/mol. The Morgan fingerprint density at radius 3 is 1.70 bits per heavy atom. The third kappa shape index (κ3) is 6.56. The molecule has 5 rings (SSSR count). The molecule has 0 bridgehead atoms. The first-order valence-corrected chi connectivity index (χ1v) is 14.4. The van der Waals surface area contributed by atoms with E-state index in [9.17, 15) is 22.8 Å². The van der Waals surface area contributed by atoms with Crippen LogP contribution in [-0.4, -0.2) is 60.8 Å². The first-order chi connectivity index (χ1) is 20.6. The molecule has 0 saturated carbocycles. The second-order valence-electron chi connectivity index (χ2n) is 9.39. The maximum atomic E-state index is 13.2. The second kappa shape index (κ2) is 12.4. The Bertz CT molecular complexity index is 1710.